The molecule has 0 aromatic carbocycles. The van der Waals surface area contributed by atoms with E-state index in [1.54, 1.807) is 10.9 Å². The Morgan fingerprint density at radius 2 is 2.10 bits per heavy atom. The number of carbonyl (C=O) groups is 1. The van der Waals surface area contributed by atoms with Crippen LogP contribution < -0.4 is 10.6 Å². The van der Waals surface area contributed by atoms with Crippen LogP contribution in [0.1, 0.15) is 30.7 Å². The number of hydrogen-bond donors (Lipinski definition) is 2. The number of urea groups is 1. The molecule has 0 radical (unpaired) electrons. The van der Waals surface area contributed by atoms with Crippen molar-refractivity contribution < 1.29 is 13.9 Å². The van der Waals surface area contributed by atoms with Gasteiger partial charge in [-0.3, -0.25) is 4.68 Å². The van der Waals surface area contributed by atoms with Gasteiger partial charge in [0.25, 0.3) is 0 Å². The molecule has 8 nitrogen and oxygen atoms in total. The number of carbonyl (C=O) groups excluding carboxylic acids is 1. The number of nitrogens with one attached hydrogen (secondary N) is 2. The second-order valence-corrected chi connectivity index (χ2v) is 9.74. The molecule has 2 N–H and O–H groups in total. The second kappa shape index (κ2) is 6.90. The predicted molar refractivity (Wildman–Crippen MR) is 108 cm³/mol. The van der Waals surface area contributed by atoms with Crippen LogP contribution in [0.5, 0.6) is 0 Å². The Kier molecular flexibility index (Phi) is 4.37. The van der Waals surface area contributed by atoms with Gasteiger partial charge < -0.3 is 25.2 Å². The Hall–Kier alpha value is -1.71. The molecule has 0 bridgehead atoms. The fraction of sp³-hybridized carbons (Fsp3) is 0.810. The van der Waals surface area contributed by atoms with Crippen LogP contribution in [0.4, 0.5) is 9.18 Å². The lowest BCUT2D eigenvalue weighted by molar-refractivity contribution is -0.125. The van der Waals surface area contributed by atoms with Crippen LogP contribution in [0.2, 0.25) is 0 Å². The van der Waals surface area contributed by atoms with Crippen LogP contribution in [-0.2, 0) is 11.8 Å². The predicted octanol–water partition coefficient (Wildman–Crippen LogP) is 0.458. The maximum Gasteiger partial charge on any atom is 0.320 e. The molecule has 164 valence electrons. The van der Waals surface area contributed by atoms with Crippen molar-refractivity contribution in [1.29, 1.82) is 0 Å². The van der Waals surface area contributed by atoms with E-state index in [9.17, 15) is 4.79 Å². The number of amides is 2. The number of nitrogens with zero attached hydrogens (tertiary/aromatic N) is 4. The highest BCUT2D eigenvalue weighted by atomic mass is 19.1. The first-order valence-electron chi connectivity index (χ1n) is 11.3. The van der Waals surface area contributed by atoms with Gasteiger partial charge in [-0.1, -0.05) is 0 Å². The van der Waals surface area contributed by atoms with Crippen molar-refractivity contribution in [2.75, 3.05) is 26.7 Å². The van der Waals surface area contributed by atoms with Gasteiger partial charge >= 0.3 is 6.03 Å². The largest absolute Gasteiger partial charge is 0.375 e. The molecule has 1 aromatic heterocycles. The lowest BCUT2D eigenvalue weighted by atomic mass is 9.65. The summed E-state index contributed by atoms with van der Waals surface area (Å²) in [5.74, 6) is -0.291. The van der Waals surface area contributed by atoms with Crippen LogP contribution in [0.25, 0.3) is 0 Å². The van der Waals surface area contributed by atoms with Gasteiger partial charge in [-0.25, -0.2) is 9.18 Å². The molecule has 4 saturated heterocycles. The van der Waals surface area contributed by atoms with Crippen LogP contribution in [0.3, 0.4) is 0 Å². The average Bonchev–Trinajstić information content (AvgIpc) is 3.26. The van der Waals surface area contributed by atoms with E-state index < -0.39 is 6.17 Å². The molecular weight excluding hydrogens is 387 g/mol. The van der Waals surface area contributed by atoms with Crippen molar-refractivity contribution in [3.8, 4) is 0 Å². The van der Waals surface area contributed by atoms with Crippen molar-refractivity contribution in [3.05, 3.63) is 18.0 Å². The SMILES string of the molecule is CN1C(=O)N2C3CCCNC3COC3C(c4cnn(C)c4)C(F)CC4NCC1C2C43. The standard InChI is InChI=1S/C21H31FN6O2/c1-26-9-11(7-25-26)17-12(22)6-13-18-19-16(8-24-13)27(2)21(29)28(19)15-4-3-5-23-14(15)10-30-20(17)18/h7,9,12-20,23-24H,3-6,8,10H2,1-2H3. The number of aromatic nitrogens is 2. The topological polar surface area (TPSA) is 74.7 Å². The van der Waals surface area contributed by atoms with E-state index in [0.717, 1.165) is 24.9 Å². The molecule has 1 aromatic rings. The van der Waals surface area contributed by atoms with Gasteiger partial charge in [0.1, 0.15) is 6.17 Å². The first kappa shape index (κ1) is 19.0. The summed E-state index contributed by atoms with van der Waals surface area (Å²) in [5.41, 5.74) is 0.897. The zero-order valence-corrected chi connectivity index (χ0v) is 17.6. The minimum absolute atomic E-state index is 0.0223. The highest BCUT2D eigenvalue weighted by Gasteiger charge is 2.61. The summed E-state index contributed by atoms with van der Waals surface area (Å²) >= 11 is 0. The van der Waals surface area contributed by atoms with Crippen molar-refractivity contribution in [3.63, 3.8) is 0 Å². The zero-order chi connectivity index (χ0) is 20.6. The maximum atomic E-state index is 15.6. The molecule has 5 fully saturated rings. The normalized spacial score (nSPS) is 45.6. The maximum absolute atomic E-state index is 15.6. The van der Waals surface area contributed by atoms with Crippen LogP contribution >= 0.6 is 0 Å². The van der Waals surface area contributed by atoms with Crippen LogP contribution in [0, 0.1) is 5.92 Å². The fourth-order valence-electron chi connectivity index (χ4n) is 6.95. The Bertz CT molecular complexity index is 834. The van der Waals surface area contributed by atoms with Crippen molar-refractivity contribution >= 4 is 6.03 Å². The molecule has 9 unspecified atom stereocenters. The van der Waals surface area contributed by atoms with Gasteiger partial charge in [0.05, 0.1) is 43.1 Å². The highest BCUT2D eigenvalue weighted by Crippen LogP contribution is 2.48. The number of hydrogen-bond acceptors (Lipinski definition) is 5. The molecular formula is C21H31FN6O2. The van der Waals surface area contributed by atoms with Crippen molar-refractivity contribution in [2.45, 2.75) is 67.7 Å². The van der Waals surface area contributed by atoms with E-state index in [-0.39, 0.29) is 54.2 Å². The van der Waals surface area contributed by atoms with E-state index in [2.05, 4.69) is 20.6 Å². The molecule has 2 amide bonds. The number of ether oxygens (including phenoxy) is 1. The van der Waals surface area contributed by atoms with Gasteiger partial charge in [-0.15, -0.1) is 0 Å². The molecule has 4 aliphatic heterocycles. The minimum atomic E-state index is -0.998. The summed E-state index contributed by atoms with van der Waals surface area (Å²) in [6, 6.07) is 0.526. The number of halogens is 1. The van der Waals surface area contributed by atoms with E-state index in [0.29, 0.717) is 19.6 Å². The number of aryl methyl sites for hydroxylation is 1. The van der Waals surface area contributed by atoms with Gasteiger partial charge in [-0.2, -0.15) is 5.10 Å². The third-order valence-corrected chi connectivity index (χ3v) is 8.27. The quantitative estimate of drug-likeness (QED) is 0.693. The summed E-state index contributed by atoms with van der Waals surface area (Å²) in [6.07, 6.45) is 4.92. The Balaban J connectivity index is 1.45. The molecule has 5 heterocycles. The van der Waals surface area contributed by atoms with E-state index >= 15 is 4.39 Å². The Morgan fingerprint density at radius 3 is 2.90 bits per heavy atom. The van der Waals surface area contributed by atoms with Gasteiger partial charge in [0.15, 0.2) is 0 Å². The van der Waals surface area contributed by atoms with Crippen LogP contribution in [-0.4, -0.2) is 94.8 Å². The molecule has 9 atom stereocenters. The van der Waals surface area contributed by atoms with E-state index in [1.807, 2.05) is 25.2 Å². The smallest absolute Gasteiger partial charge is 0.320 e. The zero-order valence-electron chi connectivity index (χ0n) is 17.6. The van der Waals surface area contributed by atoms with Gasteiger partial charge in [0, 0.05) is 44.7 Å². The summed E-state index contributed by atoms with van der Waals surface area (Å²) in [6.45, 7) is 2.16. The lowest BCUT2D eigenvalue weighted by Crippen LogP contribution is -2.71. The third kappa shape index (κ3) is 2.61. The fourth-order valence-corrected chi connectivity index (χ4v) is 6.95. The van der Waals surface area contributed by atoms with E-state index in [4.69, 9.17) is 4.74 Å². The molecule has 9 heteroatoms. The Morgan fingerprint density at radius 1 is 1.23 bits per heavy atom. The Labute approximate surface area is 176 Å². The van der Waals surface area contributed by atoms with Gasteiger partial charge in [-0.05, 0) is 31.4 Å². The van der Waals surface area contributed by atoms with E-state index in [1.165, 1.54) is 0 Å². The van der Waals surface area contributed by atoms with Crippen molar-refractivity contribution in [1.82, 2.24) is 30.2 Å². The van der Waals surface area contributed by atoms with Gasteiger partial charge in [0.2, 0.25) is 0 Å². The van der Waals surface area contributed by atoms with Crippen molar-refractivity contribution in [2.24, 2.45) is 13.0 Å². The molecule has 6 rings (SSSR count). The summed E-state index contributed by atoms with van der Waals surface area (Å²) in [5, 5.41) is 11.5. The molecule has 1 aliphatic carbocycles. The van der Waals surface area contributed by atoms with Crippen LogP contribution in [0.15, 0.2) is 12.4 Å². The summed E-state index contributed by atoms with van der Waals surface area (Å²) in [7, 11) is 3.78. The number of piperidine rings is 2. The number of rotatable bonds is 1. The number of likely N-dealkylation sites (N-methyl/N-ethyl adjacent to an activating group) is 1. The third-order valence-electron chi connectivity index (χ3n) is 8.27. The summed E-state index contributed by atoms with van der Waals surface area (Å²) in [4.78, 5) is 17.5. The molecule has 5 aliphatic rings. The lowest BCUT2D eigenvalue weighted by Gasteiger charge is -2.56. The number of alkyl halides is 1. The first-order chi connectivity index (χ1) is 14.5. The summed E-state index contributed by atoms with van der Waals surface area (Å²) < 4.78 is 23.9. The number of fused-ring (bicyclic) bond motifs is 2. The minimum Gasteiger partial charge on any atom is -0.375 e. The second-order valence-electron chi connectivity index (χ2n) is 9.74. The molecule has 30 heavy (non-hydrogen) atoms. The molecule has 0 spiro atoms. The molecule has 1 saturated carbocycles. The highest BCUT2D eigenvalue weighted by molar-refractivity contribution is 5.78. The monoisotopic (exact) mass is 418 g/mol. The average molecular weight is 419 g/mol. The first-order valence-corrected chi connectivity index (χ1v) is 11.3.